The molecule has 1 saturated heterocycles. The lowest BCUT2D eigenvalue weighted by Crippen LogP contribution is -2.32. The van der Waals surface area contributed by atoms with E-state index in [9.17, 15) is 0 Å². The Morgan fingerprint density at radius 2 is 2.24 bits per heavy atom. The second kappa shape index (κ2) is 4.49. The van der Waals surface area contributed by atoms with Crippen LogP contribution in [0.4, 0.5) is 0 Å². The molecule has 0 aliphatic carbocycles. The number of pyridine rings is 1. The van der Waals surface area contributed by atoms with Crippen molar-refractivity contribution in [3.63, 3.8) is 0 Å². The van der Waals surface area contributed by atoms with Crippen LogP contribution >= 0.6 is 0 Å². The van der Waals surface area contributed by atoms with E-state index in [4.69, 9.17) is 0 Å². The quantitative estimate of drug-likeness (QED) is 0.858. The minimum atomic E-state index is 0.687. The van der Waals surface area contributed by atoms with E-state index >= 15 is 0 Å². The van der Waals surface area contributed by atoms with Crippen LogP contribution in [-0.4, -0.2) is 34.5 Å². The number of piperidine rings is 1. The third-order valence-electron chi connectivity index (χ3n) is 3.88. The number of H-pyrrole nitrogens is 1. The van der Waals surface area contributed by atoms with Crippen LogP contribution in [0.3, 0.4) is 0 Å². The van der Waals surface area contributed by atoms with Crippen molar-refractivity contribution < 1.29 is 0 Å². The molecule has 1 aliphatic rings. The molecule has 2 aromatic rings. The number of aromatic nitrogens is 2. The highest BCUT2D eigenvalue weighted by Gasteiger charge is 2.20. The zero-order chi connectivity index (χ0) is 11.7. The summed E-state index contributed by atoms with van der Waals surface area (Å²) >= 11 is 0. The molecule has 3 nitrogen and oxygen atoms in total. The van der Waals surface area contributed by atoms with Gasteiger partial charge in [-0.05, 0) is 50.7 Å². The van der Waals surface area contributed by atoms with Crippen molar-refractivity contribution in [2.75, 3.05) is 19.6 Å². The first-order valence-corrected chi connectivity index (χ1v) is 6.53. The molecule has 0 unspecified atom stereocenters. The summed E-state index contributed by atoms with van der Waals surface area (Å²) < 4.78 is 0. The Morgan fingerprint density at radius 1 is 1.41 bits per heavy atom. The average Bonchev–Trinajstić information content (AvgIpc) is 2.82. The molecule has 1 aliphatic heterocycles. The van der Waals surface area contributed by atoms with Gasteiger partial charge < -0.3 is 9.88 Å². The van der Waals surface area contributed by atoms with E-state index in [0.29, 0.717) is 5.92 Å². The lowest BCUT2D eigenvalue weighted by Gasteiger charge is -2.30. The normalized spacial score (nSPS) is 18.9. The highest BCUT2D eigenvalue weighted by molar-refractivity contribution is 5.75. The van der Waals surface area contributed by atoms with Crippen LogP contribution in [0.1, 0.15) is 31.4 Å². The fourth-order valence-corrected chi connectivity index (χ4v) is 2.76. The van der Waals surface area contributed by atoms with Crippen molar-refractivity contribution >= 4 is 11.0 Å². The summed E-state index contributed by atoms with van der Waals surface area (Å²) in [7, 11) is 0. The van der Waals surface area contributed by atoms with Crippen molar-refractivity contribution in [3.8, 4) is 0 Å². The molecule has 0 spiro atoms. The summed E-state index contributed by atoms with van der Waals surface area (Å²) in [6.45, 7) is 5.88. The predicted octanol–water partition coefficient (Wildman–Crippen LogP) is 2.76. The molecular formula is C14H19N3. The number of rotatable bonds is 2. The molecule has 3 rings (SSSR count). The Morgan fingerprint density at radius 3 is 2.94 bits per heavy atom. The number of hydrogen-bond acceptors (Lipinski definition) is 2. The van der Waals surface area contributed by atoms with Gasteiger partial charge in [-0.3, -0.25) is 4.98 Å². The van der Waals surface area contributed by atoms with Gasteiger partial charge in [0.1, 0.15) is 0 Å². The first-order valence-electron chi connectivity index (χ1n) is 6.53. The van der Waals surface area contributed by atoms with E-state index in [1.807, 2.05) is 12.3 Å². The molecule has 0 radical (unpaired) electrons. The molecule has 0 amide bonds. The fourth-order valence-electron chi connectivity index (χ4n) is 2.76. The largest absolute Gasteiger partial charge is 0.357 e. The average molecular weight is 229 g/mol. The molecule has 17 heavy (non-hydrogen) atoms. The van der Waals surface area contributed by atoms with Crippen LogP contribution in [0, 0.1) is 0 Å². The molecule has 1 N–H and O–H groups in total. The molecule has 0 saturated carbocycles. The Hall–Kier alpha value is -1.35. The molecule has 1 fully saturated rings. The van der Waals surface area contributed by atoms with Crippen LogP contribution in [-0.2, 0) is 0 Å². The first kappa shape index (κ1) is 10.8. The van der Waals surface area contributed by atoms with Gasteiger partial charge in [-0.2, -0.15) is 0 Å². The van der Waals surface area contributed by atoms with E-state index in [1.165, 1.54) is 43.7 Å². The zero-order valence-corrected chi connectivity index (χ0v) is 10.3. The van der Waals surface area contributed by atoms with E-state index in [-0.39, 0.29) is 0 Å². The molecular weight excluding hydrogens is 210 g/mol. The van der Waals surface area contributed by atoms with Crippen molar-refractivity contribution in [2.45, 2.75) is 25.7 Å². The summed E-state index contributed by atoms with van der Waals surface area (Å²) in [4.78, 5) is 10.4. The Labute approximate surface area is 102 Å². The maximum absolute atomic E-state index is 4.39. The number of nitrogens with zero attached hydrogens (tertiary/aromatic N) is 2. The van der Waals surface area contributed by atoms with E-state index in [1.54, 1.807) is 0 Å². The first-order chi connectivity index (χ1) is 8.36. The monoisotopic (exact) mass is 229 g/mol. The summed E-state index contributed by atoms with van der Waals surface area (Å²) in [6, 6.07) is 6.32. The lowest BCUT2D eigenvalue weighted by molar-refractivity contribution is 0.221. The molecule has 0 atom stereocenters. The number of hydrogen-bond donors (Lipinski definition) is 1. The van der Waals surface area contributed by atoms with Crippen molar-refractivity contribution in [3.05, 3.63) is 30.1 Å². The van der Waals surface area contributed by atoms with Crippen LogP contribution in [0.5, 0.6) is 0 Å². The summed E-state index contributed by atoms with van der Waals surface area (Å²) in [5.41, 5.74) is 3.63. The molecule has 90 valence electrons. The SMILES string of the molecule is CCN1CCC(c2cc3ncccc3[nH]2)CC1. The van der Waals surface area contributed by atoms with Crippen LogP contribution < -0.4 is 0 Å². The second-order valence-corrected chi connectivity index (χ2v) is 4.87. The van der Waals surface area contributed by atoms with E-state index in [0.717, 1.165) is 5.52 Å². The van der Waals surface area contributed by atoms with Crippen molar-refractivity contribution in [1.29, 1.82) is 0 Å². The van der Waals surface area contributed by atoms with Crippen molar-refractivity contribution in [1.82, 2.24) is 14.9 Å². The highest BCUT2D eigenvalue weighted by atomic mass is 15.1. The van der Waals surface area contributed by atoms with Gasteiger partial charge in [-0.15, -0.1) is 0 Å². The molecule has 3 heteroatoms. The zero-order valence-electron chi connectivity index (χ0n) is 10.3. The molecule has 0 aromatic carbocycles. The van der Waals surface area contributed by atoms with Gasteiger partial charge in [0.05, 0.1) is 11.0 Å². The van der Waals surface area contributed by atoms with Crippen molar-refractivity contribution in [2.24, 2.45) is 0 Å². The third-order valence-corrected chi connectivity index (χ3v) is 3.88. The summed E-state index contributed by atoms with van der Waals surface area (Å²) in [5.74, 6) is 0.687. The standard InChI is InChI=1S/C14H19N3/c1-2-17-8-5-11(6-9-17)13-10-14-12(16-13)4-3-7-15-14/h3-4,7,10-11,16H,2,5-6,8-9H2,1H3. The predicted molar refractivity (Wildman–Crippen MR) is 70.2 cm³/mol. The minimum absolute atomic E-state index is 0.687. The minimum Gasteiger partial charge on any atom is -0.357 e. The molecule has 3 heterocycles. The Kier molecular flexibility index (Phi) is 2.85. The molecule has 2 aromatic heterocycles. The van der Waals surface area contributed by atoms with E-state index in [2.05, 4.69) is 33.9 Å². The van der Waals surface area contributed by atoms with E-state index < -0.39 is 0 Å². The smallest absolute Gasteiger partial charge is 0.0881 e. The number of likely N-dealkylation sites (tertiary alicyclic amines) is 1. The van der Waals surface area contributed by atoms with Gasteiger partial charge >= 0.3 is 0 Å². The van der Waals surface area contributed by atoms with Crippen LogP contribution in [0.25, 0.3) is 11.0 Å². The molecule has 0 bridgehead atoms. The van der Waals surface area contributed by atoms with Crippen LogP contribution in [0.2, 0.25) is 0 Å². The van der Waals surface area contributed by atoms with Gasteiger partial charge in [-0.1, -0.05) is 6.92 Å². The number of fused-ring (bicyclic) bond motifs is 1. The Bertz CT molecular complexity index is 462. The second-order valence-electron chi connectivity index (χ2n) is 4.87. The Balaban J connectivity index is 1.80. The highest BCUT2D eigenvalue weighted by Crippen LogP contribution is 2.28. The van der Waals surface area contributed by atoms with Gasteiger partial charge in [0, 0.05) is 17.8 Å². The van der Waals surface area contributed by atoms with Gasteiger partial charge in [-0.25, -0.2) is 0 Å². The van der Waals surface area contributed by atoms with Gasteiger partial charge in [0.15, 0.2) is 0 Å². The third kappa shape index (κ3) is 2.07. The van der Waals surface area contributed by atoms with Gasteiger partial charge in [0.2, 0.25) is 0 Å². The topological polar surface area (TPSA) is 31.9 Å². The maximum atomic E-state index is 4.39. The lowest BCUT2D eigenvalue weighted by atomic mass is 9.94. The maximum Gasteiger partial charge on any atom is 0.0881 e. The van der Waals surface area contributed by atoms with Gasteiger partial charge in [0.25, 0.3) is 0 Å². The fraction of sp³-hybridized carbons (Fsp3) is 0.500. The number of nitrogens with one attached hydrogen (secondary N) is 1. The summed E-state index contributed by atoms with van der Waals surface area (Å²) in [6.07, 6.45) is 4.39. The number of aromatic amines is 1. The summed E-state index contributed by atoms with van der Waals surface area (Å²) in [5, 5.41) is 0. The van der Waals surface area contributed by atoms with Crippen LogP contribution in [0.15, 0.2) is 24.4 Å².